The van der Waals surface area contributed by atoms with Crippen molar-refractivity contribution in [2.45, 2.75) is 12.1 Å². The van der Waals surface area contributed by atoms with Crippen molar-refractivity contribution in [3.63, 3.8) is 0 Å². The number of aryl methyl sites for hydroxylation is 1. The SMILES string of the molecule is Cc1cccc(C(=O)Nn2cc(-c3ccccc3)nc2S)c1. The molecule has 0 aliphatic carbocycles. The van der Waals surface area contributed by atoms with Crippen molar-refractivity contribution < 1.29 is 4.79 Å². The molecule has 1 aromatic heterocycles. The number of imidazole rings is 1. The molecule has 22 heavy (non-hydrogen) atoms. The Morgan fingerprint density at radius 2 is 1.91 bits per heavy atom. The molecule has 0 fully saturated rings. The Morgan fingerprint density at radius 1 is 1.14 bits per heavy atom. The van der Waals surface area contributed by atoms with Gasteiger partial charge in [-0.3, -0.25) is 10.2 Å². The summed E-state index contributed by atoms with van der Waals surface area (Å²) in [6.07, 6.45) is 1.76. The topological polar surface area (TPSA) is 46.9 Å². The van der Waals surface area contributed by atoms with Crippen LogP contribution in [0.3, 0.4) is 0 Å². The number of hydrogen-bond acceptors (Lipinski definition) is 3. The molecule has 0 aliphatic rings. The Hall–Kier alpha value is -2.53. The molecule has 3 rings (SSSR count). The number of carbonyl (C=O) groups excluding carboxylic acids is 1. The molecule has 2 aromatic carbocycles. The summed E-state index contributed by atoms with van der Waals surface area (Å²) < 4.78 is 1.52. The van der Waals surface area contributed by atoms with Gasteiger partial charge in [0.05, 0.1) is 11.9 Å². The van der Waals surface area contributed by atoms with E-state index in [0.717, 1.165) is 16.8 Å². The van der Waals surface area contributed by atoms with E-state index in [1.54, 1.807) is 12.3 Å². The first-order valence-corrected chi connectivity index (χ1v) is 7.30. The second-order valence-electron chi connectivity index (χ2n) is 4.97. The normalized spacial score (nSPS) is 10.5. The zero-order valence-corrected chi connectivity index (χ0v) is 12.9. The molecule has 0 bridgehead atoms. The summed E-state index contributed by atoms with van der Waals surface area (Å²) in [6, 6.07) is 17.2. The van der Waals surface area contributed by atoms with Gasteiger partial charge in [-0.15, -0.1) is 12.6 Å². The zero-order valence-electron chi connectivity index (χ0n) is 12.0. The van der Waals surface area contributed by atoms with Gasteiger partial charge >= 0.3 is 0 Å². The third kappa shape index (κ3) is 3.04. The molecule has 0 aliphatic heterocycles. The second kappa shape index (κ2) is 6.07. The van der Waals surface area contributed by atoms with Crippen LogP contribution in [-0.4, -0.2) is 15.6 Å². The number of amides is 1. The van der Waals surface area contributed by atoms with E-state index in [-0.39, 0.29) is 5.91 Å². The maximum Gasteiger partial charge on any atom is 0.270 e. The molecule has 1 heterocycles. The Kier molecular flexibility index (Phi) is 3.98. The monoisotopic (exact) mass is 309 g/mol. The van der Waals surface area contributed by atoms with Gasteiger partial charge in [0.1, 0.15) is 0 Å². The van der Waals surface area contributed by atoms with Crippen molar-refractivity contribution in [1.29, 1.82) is 0 Å². The first kappa shape index (κ1) is 14.4. The van der Waals surface area contributed by atoms with Gasteiger partial charge in [-0.25, -0.2) is 9.66 Å². The molecule has 1 N–H and O–H groups in total. The van der Waals surface area contributed by atoms with Crippen molar-refractivity contribution >= 4 is 18.5 Å². The molecule has 4 nitrogen and oxygen atoms in total. The molecule has 1 amide bonds. The van der Waals surface area contributed by atoms with Gasteiger partial charge in [-0.2, -0.15) is 0 Å². The highest BCUT2D eigenvalue weighted by Gasteiger charge is 2.11. The smallest absolute Gasteiger partial charge is 0.267 e. The van der Waals surface area contributed by atoms with Crippen molar-refractivity contribution in [2.24, 2.45) is 0 Å². The maximum absolute atomic E-state index is 12.3. The average Bonchev–Trinajstić information content (AvgIpc) is 2.89. The van der Waals surface area contributed by atoms with Crippen LogP contribution < -0.4 is 5.43 Å². The van der Waals surface area contributed by atoms with Crippen LogP contribution in [0.1, 0.15) is 15.9 Å². The van der Waals surface area contributed by atoms with Gasteiger partial charge in [0.15, 0.2) is 5.16 Å². The summed E-state index contributed by atoms with van der Waals surface area (Å²) in [7, 11) is 0. The largest absolute Gasteiger partial charge is 0.270 e. The lowest BCUT2D eigenvalue weighted by molar-refractivity contribution is 0.101. The van der Waals surface area contributed by atoms with E-state index in [2.05, 4.69) is 23.0 Å². The van der Waals surface area contributed by atoms with E-state index < -0.39 is 0 Å². The fourth-order valence-corrected chi connectivity index (χ4v) is 2.38. The molecule has 0 atom stereocenters. The molecular formula is C17H15N3OS. The van der Waals surface area contributed by atoms with E-state index in [9.17, 15) is 4.79 Å². The van der Waals surface area contributed by atoms with Crippen LogP contribution in [0.5, 0.6) is 0 Å². The Labute approximate surface area is 134 Å². The minimum Gasteiger partial charge on any atom is -0.267 e. The van der Waals surface area contributed by atoms with Crippen LogP contribution in [0.2, 0.25) is 0 Å². The fraction of sp³-hybridized carbons (Fsp3) is 0.0588. The van der Waals surface area contributed by atoms with Crippen LogP contribution in [0.15, 0.2) is 66.0 Å². The highest BCUT2D eigenvalue weighted by atomic mass is 32.1. The van der Waals surface area contributed by atoms with Gasteiger partial charge in [0.25, 0.3) is 5.91 Å². The molecule has 3 aromatic rings. The van der Waals surface area contributed by atoms with E-state index in [0.29, 0.717) is 10.7 Å². The summed E-state index contributed by atoms with van der Waals surface area (Å²) in [5.74, 6) is -0.198. The number of rotatable bonds is 3. The van der Waals surface area contributed by atoms with E-state index in [1.807, 2.05) is 55.5 Å². The van der Waals surface area contributed by atoms with Crippen molar-refractivity contribution in [1.82, 2.24) is 9.66 Å². The van der Waals surface area contributed by atoms with Crippen LogP contribution in [0.4, 0.5) is 0 Å². The lowest BCUT2D eigenvalue weighted by atomic mass is 10.1. The third-order valence-electron chi connectivity index (χ3n) is 3.26. The van der Waals surface area contributed by atoms with E-state index in [4.69, 9.17) is 0 Å². The molecule has 5 heteroatoms. The molecule has 0 radical (unpaired) electrons. The predicted molar refractivity (Wildman–Crippen MR) is 89.8 cm³/mol. The Balaban J connectivity index is 1.84. The zero-order chi connectivity index (χ0) is 15.5. The number of hydrogen-bond donors (Lipinski definition) is 2. The first-order valence-electron chi connectivity index (χ1n) is 6.85. The quantitative estimate of drug-likeness (QED) is 0.727. The van der Waals surface area contributed by atoms with Gasteiger partial charge in [-0.05, 0) is 19.1 Å². The lowest BCUT2D eigenvalue weighted by Gasteiger charge is -2.07. The second-order valence-corrected chi connectivity index (χ2v) is 5.37. The number of aromatic nitrogens is 2. The Bertz CT molecular complexity index is 812. The van der Waals surface area contributed by atoms with E-state index in [1.165, 1.54) is 4.68 Å². The van der Waals surface area contributed by atoms with Gasteiger partial charge in [0, 0.05) is 11.1 Å². The maximum atomic E-state index is 12.3. The van der Waals surface area contributed by atoms with Gasteiger partial charge < -0.3 is 0 Å². The highest BCUT2D eigenvalue weighted by Crippen LogP contribution is 2.19. The highest BCUT2D eigenvalue weighted by molar-refractivity contribution is 7.80. The number of benzene rings is 2. The van der Waals surface area contributed by atoms with Crippen LogP contribution in [0.25, 0.3) is 11.3 Å². The predicted octanol–water partition coefficient (Wildman–Crippen LogP) is 3.53. The molecule has 0 spiro atoms. The molecule has 0 saturated heterocycles. The standard InChI is InChI=1S/C17H15N3OS/c1-12-6-5-9-14(10-12)16(21)19-20-11-15(18-17(20)22)13-7-3-2-4-8-13/h2-11H,1H3,(H,18,22)(H,19,21). The minimum absolute atomic E-state index is 0.198. The van der Waals surface area contributed by atoms with Crippen LogP contribution in [0, 0.1) is 6.92 Å². The lowest BCUT2D eigenvalue weighted by Crippen LogP contribution is -2.22. The van der Waals surface area contributed by atoms with Crippen molar-refractivity contribution in [2.75, 3.05) is 5.43 Å². The fourth-order valence-electron chi connectivity index (χ4n) is 2.16. The summed E-state index contributed by atoms with van der Waals surface area (Å²) in [5.41, 5.74) is 6.15. The van der Waals surface area contributed by atoms with Crippen LogP contribution in [-0.2, 0) is 0 Å². The summed E-state index contributed by atoms with van der Waals surface area (Å²) >= 11 is 4.31. The molecule has 110 valence electrons. The number of nitrogens with one attached hydrogen (secondary N) is 1. The third-order valence-corrected chi connectivity index (χ3v) is 3.57. The first-order chi connectivity index (χ1) is 10.6. The number of carbonyl (C=O) groups is 1. The van der Waals surface area contributed by atoms with Crippen LogP contribution >= 0.6 is 12.6 Å². The van der Waals surface area contributed by atoms with E-state index >= 15 is 0 Å². The summed E-state index contributed by atoms with van der Waals surface area (Å²) in [4.78, 5) is 16.6. The molecular weight excluding hydrogens is 294 g/mol. The van der Waals surface area contributed by atoms with Crippen molar-refractivity contribution in [3.05, 3.63) is 71.9 Å². The number of nitrogens with zero attached hydrogens (tertiary/aromatic N) is 2. The summed E-state index contributed by atoms with van der Waals surface area (Å²) in [5, 5.41) is 0.430. The Morgan fingerprint density at radius 3 is 2.64 bits per heavy atom. The molecule has 0 saturated carbocycles. The number of thiol groups is 1. The van der Waals surface area contributed by atoms with Crippen molar-refractivity contribution in [3.8, 4) is 11.3 Å². The average molecular weight is 309 g/mol. The minimum atomic E-state index is -0.198. The van der Waals surface area contributed by atoms with Gasteiger partial charge in [-0.1, -0.05) is 48.0 Å². The summed E-state index contributed by atoms with van der Waals surface area (Å²) in [6.45, 7) is 1.95. The molecule has 0 unspecified atom stereocenters. The van der Waals surface area contributed by atoms with Gasteiger partial charge in [0.2, 0.25) is 0 Å².